The molecule has 1 aliphatic rings. The minimum absolute atomic E-state index is 0.0630. The Morgan fingerprint density at radius 1 is 1.40 bits per heavy atom. The van der Waals surface area contributed by atoms with Gasteiger partial charge >= 0.3 is 0 Å². The molecule has 0 N–H and O–H groups in total. The zero-order valence-electron chi connectivity index (χ0n) is 9.51. The van der Waals surface area contributed by atoms with Gasteiger partial charge in [0.2, 0.25) is 0 Å². The third-order valence-electron chi connectivity index (χ3n) is 2.59. The zero-order valence-corrected chi connectivity index (χ0v) is 9.51. The van der Waals surface area contributed by atoms with E-state index in [1.54, 1.807) is 6.20 Å². The quantitative estimate of drug-likeness (QED) is 0.702. The summed E-state index contributed by atoms with van der Waals surface area (Å²) in [5.41, 5.74) is 1.30. The van der Waals surface area contributed by atoms with E-state index < -0.39 is 0 Å². The highest BCUT2D eigenvalue weighted by Crippen LogP contribution is 2.33. The standard InChI is InChI=1S/C12H17N3/c1-12(2,3)15-11(6-8-14-15)10-5-4-7-13-9-10/h4-5,7-9,11H,6H2,1-3H3/t11-/m1/s1. The number of hydrazone groups is 1. The van der Waals surface area contributed by atoms with Crippen molar-refractivity contribution in [2.75, 3.05) is 0 Å². The van der Waals surface area contributed by atoms with Gasteiger partial charge in [0.15, 0.2) is 0 Å². The van der Waals surface area contributed by atoms with Gasteiger partial charge in [0, 0.05) is 25.0 Å². The van der Waals surface area contributed by atoms with E-state index in [1.807, 2.05) is 18.5 Å². The molecule has 3 nitrogen and oxygen atoms in total. The van der Waals surface area contributed by atoms with Crippen molar-refractivity contribution in [2.45, 2.75) is 38.8 Å². The summed E-state index contributed by atoms with van der Waals surface area (Å²) in [6.07, 6.45) is 6.70. The van der Waals surface area contributed by atoms with Gasteiger partial charge in [-0.2, -0.15) is 5.10 Å². The molecule has 0 amide bonds. The Hall–Kier alpha value is -1.38. The van der Waals surface area contributed by atoms with E-state index in [2.05, 4.69) is 41.9 Å². The van der Waals surface area contributed by atoms with Gasteiger partial charge in [0.05, 0.1) is 11.6 Å². The average molecular weight is 203 g/mol. The second kappa shape index (κ2) is 3.65. The van der Waals surface area contributed by atoms with Crippen LogP contribution in [0.25, 0.3) is 0 Å². The summed E-state index contributed by atoms with van der Waals surface area (Å²) in [6, 6.07) is 4.44. The van der Waals surface area contributed by atoms with Crippen molar-refractivity contribution in [1.82, 2.24) is 9.99 Å². The Morgan fingerprint density at radius 3 is 2.80 bits per heavy atom. The maximum atomic E-state index is 4.45. The number of pyridine rings is 1. The number of hydrogen-bond acceptors (Lipinski definition) is 3. The van der Waals surface area contributed by atoms with Crippen LogP contribution in [0.4, 0.5) is 0 Å². The fraction of sp³-hybridized carbons (Fsp3) is 0.500. The molecule has 0 unspecified atom stereocenters. The molecule has 0 saturated heterocycles. The zero-order chi connectivity index (χ0) is 10.9. The highest BCUT2D eigenvalue weighted by molar-refractivity contribution is 5.60. The van der Waals surface area contributed by atoms with Crippen LogP contribution in [-0.4, -0.2) is 21.7 Å². The Morgan fingerprint density at radius 2 is 2.20 bits per heavy atom. The van der Waals surface area contributed by atoms with E-state index in [-0.39, 0.29) is 5.54 Å². The van der Waals surface area contributed by atoms with E-state index in [0.29, 0.717) is 6.04 Å². The predicted octanol–water partition coefficient (Wildman–Crippen LogP) is 2.61. The lowest BCUT2D eigenvalue weighted by Gasteiger charge is -2.35. The lowest BCUT2D eigenvalue weighted by atomic mass is 10.0. The molecule has 0 spiro atoms. The molecule has 3 heteroatoms. The summed E-state index contributed by atoms with van der Waals surface area (Å²) in [7, 11) is 0. The largest absolute Gasteiger partial charge is 0.284 e. The first-order valence-electron chi connectivity index (χ1n) is 5.31. The smallest absolute Gasteiger partial charge is 0.0790 e. The molecule has 1 aromatic rings. The summed E-state index contributed by atoms with van der Waals surface area (Å²) in [5.74, 6) is 0. The molecule has 0 aliphatic carbocycles. The minimum atomic E-state index is 0.0630. The molecule has 1 aliphatic heterocycles. The third kappa shape index (κ3) is 2.01. The molecule has 2 heterocycles. The topological polar surface area (TPSA) is 28.5 Å². The van der Waals surface area contributed by atoms with E-state index in [9.17, 15) is 0 Å². The van der Waals surface area contributed by atoms with Crippen molar-refractivity contribution in [3.8, 4) is 0 Å². The summed E-state index contributed by atoms with van der Waals surface area (Å²) in [4.78, 5) is 4.16. The summed E-state index contributed by atoms with van der Waals surface area (Å²) in [5, 5.41) is 6.60. The first kappa shape index (κ1) is 10.1. The van der Waals surface area contributed by atoms with Crippen molar-refractivity contribution in [3.05, 3.63) is 30.1 Å². The van der Waals surface area contributed by atoms with Gasteiger partial charge in [0.25, 0.3) is 0 Å². The lowest BCUT2D eigenvalue weighted by molar-refractivity contribution is 0.104. The molecule has 0 bridgehead atoms. The highest BCUT2D eigenvalue weighted by Gasteiger charge is 2.31. The van der Waals surface area contributed by atoms with Crippen LogP contribution in [0, 0.1) is 0 Å². The molecular weight excluding hydrogens is 186 g/mol. The van der Waals surface area contributed by atoms with Gasteiger partial charge in [-0.1, -0.05) is 6.07 Å². The second-order valence-electron chi connectivity index (χ2n) is 4.85. The van der Waals surface area contributed by atoms with E-state index in [0.717, 1.165) is 6.42 Å². The normalized spacial score (nSPS) is 21.0. The number of nitrogens with zero attached hydrogens (tertiary/aromatic N) is 3. The van der Waals surface area contributed by atoms with Gasteiger partial charge < -0.3 is 0 Å². The summed E-state index contributed by atoms with van der Waals surface area (Å²) >= 11 is 0. The average Bonchev–Trinajstić information content (AvgIpc) is 2.67. The van der Waals surface area contributed by atoms with Crippen molar-refractivity contribution >= 4 is 6.21 Å². The Bertz CT molecular complexity index is 351. The van der Waals surface area contributed by atoms with Crippen LogP contribution in [0.5, 0.6) is 0 Å². The van der Waals surface area contributed by atoms with Gasteiger partial charge in [-0.05, 0) is 32.4 Å². The number of hydrogen-bond donors (Lipinski definition) is 0. The van der Waals surface area contributed by atoms with Gasteiger partial charge in [-0.25, -0.2) is 0 Å². The second-order valence-corrected chi connectivity index (χ2v) is 4.85. The van der Waals surface area contributed by atoms with Crippen LogP contribution in [0.15, 0.2) is 29.6 Å². The van der Waals surface area contributed by atoms with E-state index in [1.165, 1.54) is 5.56 Å². The van der Waals surface area contributed by atoms with Crippen LogP contribution in [0.2, 0.25) is 0 Å². The van der Waals surface area contributed by atoms with Gasteiger partial charge in [-0.15, -0.1) is 0 Å². The molecule has 0 saturated carbocycles. The minimum Gasteiger partial charge on any atom is -0.284 e. The Labute approximate surface area is 90.8 Å². The van der Waals surface area contributed by atoms with E-state index in [4.69, 9.17) is 0 Å². The fourth-order valence-corrected chi connectivity index (χ4v) is 1.91. The molecule has 1 atom stereocenters. The van der Waals surface area contributed by atoms with Crippen LogP contribution in [-0.2, 0) is 0 Å². The fourth-order valence-electron chi connectivity index (χ4n) is 1.91. The van der Waals surface area contributed by atoms with Crippen LogP contribution >= 0.6 is 0 Å². The van der Waals surface area contributed by atoms with Gasteiger partial charge in [0.1, 0.15) is 0 Å². The van der Waals surface area contributed by atoms with Crippen LogP contribution in [0.1, 0.15) is 38.8 Å². The van der Waals surface area contributed by atoms with Crippen molar-refractivity contribution < 1.29 is 0 Å². The van der Waals surface area contributed by atoms with Crippen molar-refractivity contribution in [1.29, 1.82) is 0 Å². The summed E-state index contributed by atoms with van der Waals surface area (Å²) < 4.78 is 0. The maximum absolute atomic E-state index is 4.45. The highest BCUT2D eigenvalue weighted by atomic mass is 15.5. The summed E-state index contributed by atoms with van der Waals surface area (Å²) in [6.45, 7) is 6.54. The molecule has 15 heavy (non-hydrogen) atoms. The molecule has 0 fully saturated rings. The molecule has 2 rings (SSSR count). The molecule has 0 aromatic carbocycles. The lowest BCUT2D eigenvalue weighted by Crippen LogP contribution is -2.37. The maximum Gasteiger partial charge on any atom is 0.0790 e. The molecule has 80 valence electrons. The first-order valence-corrected chi connectivity index (χ1v) is 5.31. The van der Waals surface area contributed by atoms with Gasteiger partial charge in [-0.3, -0.25) is 9.99 Å². The van der Waals surface area contributed by atoms with Crippen molar-refractivity contribution in [2.24, 2.45) is 5.10 Å². The number of rotatable bonds is 1. The third-order valence-corrected chi connectivity index (χ3v) is 2.59. The molecule has 1 aromatic heterocycles. The molecule has 0 radical (unpaired) electrons. The molecular formula is C12H17N3. The number of aromatic nitrogens is 1. The predicted molar refractivity (Wildman–Crippen MR) is 61.7 cm³/mol. The van der Waals surface area contributed by atoms with Crippen molar-refractivity contribution in [3.63, 3.8) is 0 Å². The monoisotopic (exact) mass is 203 g/mol. The van der Waals surface area contributed by atoms with E-state index >= 15 is 0 Å². The van der Waals surface area contributed by atoms with Crippen LogP contribution in [0.3, 0.4) is 0 Å². The SMILES string of the molecule is CC(C)(C)N1N=CC[C@@H]1c1cccnc1. The van der Waals surface area contributed by atoms with Crippen LogP contribution < -0.4 is 0 Å². The first-order chi connectivity index (χ1) is 7.09. The Balaban J connectivity index is 2.25. The Kier molecular flexibility index (Phi) is 2.47.